The van der Waals surface area contributed by atoms with Crippen molar-refractivity contribution in [1.29, 1.82) is 0 Å². The Morgan fingerprint density at radius 2 is 2.21 bits per heavy atom. The van der Waals surface area contributed by atoms with Crippen molar-refractivity contribution >= 4 is 18.6 Å². The average Bonchev–Trinajstić information content (AvgIpc) is 2.14. The number of aromatic carboxylic acids is 1. The number of unbranched alkanes of at least 4 members (excludes halogenated alkanes) is 1. The molecule has 2 nitrogen and oxygen atoms in total. The number of benzene rings is 1. The summed E-state index contributed by atoms with van der Waals surface area (Å²) in [6.07, 6.45) is 2.89. The molecule has 0 atom stereocenters. The molecule has 1 N–H and O–H groups in total. The Hall–Kier alpha value is -0.960. The molecule has 0 aliphatic heterocycles. The zero-order valence-corrected chi connectivity index (χ0v) is 9.05. The maximum atomic E-state index is 10.9. The summed E-state index contributed by atoms with van der Waals surface area (Å²) in [6, 6.07) is 5.17. The summed E-state index contributed by atoms with van der Waals surface area (Å²) in [7, 11) is 0. The zero-order valence-electron chi connectivity index (χ0n) is 8.16. The molecule has 0 saturated carbocycles. The molecule has 0 radical (unpaired) electrons. The molecule has 76 valence electrons. The second-order valence-electron chi connectivity index (χ2n) is 3.25. The van der Waals surface area contributed by atoms with Crippen LogP contribution in [0.2, 0.25) is 0 Å². The van der Waals surface area contributed by atoms with Gasteiger partial charge in [0.25, 0.3) is 0 Å². The lowest BCUT2D eigenvalue weighted by Crippen LogP contribution is -2.02. The van der Waals surface area contributed by atoms with E-state index in [-0.39, 0.29) is 0 Å². The fourth-order valence-corrected chi connectivity index (χ4v) is 1.59. The number of hydrogen-bond acceptors (Lipinski definition) is 2. The van der Waals surface area contributed by atoms with Crippen LogP contribution in [0.1, 0.15) is 35.7 Å². The third-order valence-electron chi connectivity index (χ3n) is 2.12. The van der Waals surface area contributed by atoms with Crippen molar-refractivity contribution in [3.8, 4) is 0 Å². The molecule has 0 aliphatic rings. The molecule has 0 heterocycles. The molecule has 0 aliphatic carbocycles. The molecule has 1 rings (SSSR count). The number of carboxylic acids is 1. The fraction of sp³-hybridized carbons (Fsp3) is 0.364. The molecule has 0 saturated heterocycles. The Balaban J connectivity index is 2.97. The van der Waals surface area contributed by atoms with Gasteiger partial charge in [0.15, 0.2) is 0 Å². The summed E-state index contributed by atoms with van der Waals surface area (Å²) >= 11 is 4.20. The standard InChI is InChI=1S/C11H14O2S/c1-2-3-4-8-7-9(14)5-6-10(8)11(12)13/h5-7,14H,2-4H2,1H3,(H,12,13). The molecule has 3 heteroatoms. The van der Waals surface area contributed by atoms with Crippen molar-refractivity contribution < 1.29 is 9.90 Å². The van der Waals surface area contributed by atoms with Crippen molar-refractivity contribution in [2.45, 2.75) is 31.1 Å². The first-order valence-electron chi connectivity index (χ1n) is 4.70. The van der Waals surface area contributed by atoms with E-state index in [1.54, 1.807) is 12.1 Å². The Bertz CT molecular complexity index is 334. The van der Waals surface area contributed by atoms with E-state index < -0.39 is 5.97 Å². The smallest absolute Gasteiger partial charge is 0.335 e. The number of carbonyl (C=O) groups is 1. The summed E-state index contributed by atoms with van der Waals surface area (Å²) in [5, 5.41) is 8.93. The summed E-state index contributed by atoms with van der Waals surface area (Å²) in [5.74, 6) is -0.857. The number of aryl methyl sites for hydroxylation is 1. The van der Waals surface area contributed by atoms with E-state index >= 15 is 0 Å². The maximum Gasteiger partial charge on any atom is 0.335 e. The molecule has 0 bridgehead atoms. The highest BCUT2D eigenvalue weighted by atomic mass is 32.1. The molecule has 1 aromatic rings. The van der Waals surface area contributed by atoms with Crippen LogP contribution in [0.4, 0.5) is 0 Å². The normalized spacial score (nSPS) is 10.1. The van der Waals surface area contributed by atoms with Crippen LogP contribution >= 0.6 is 12.6 Å². The first-order chi connectivity index (χ1) is 6.65. The first kappa shape index (κ1) is 11.1. The number of rotatable bonds is 4. The number of hydrogen-bond donors (Lipinski definition) is 2. The second kappa shape index (κ2) is 5.05. The van der Waals surface area contributed by atoms with Crippen LogP contribution in [0.5, 0.6) is 0 Å². The van der Waals surface area contributed by atoms with Gasteiger partial charge in [0.2, 0.25) is 0 Å². The van der Waals surface area contributed by atoms with Gasteiger partial charge in [-0.1, -0.05) is 13.3 Å². The predicted molar refractivity (Wildman–Crippen MR) is 59.3 cm³/mol. The Kier molecular flexibility index (Phi) is 4.01. The topological polar surface area (TPSA) is 37.3 Å². The molecule has 14 heavy (non-hydrogen) atoms. The van der Waals surface area contributed by atoms with E-state index in [1.165, 1.54) is 0 Å². The Morgan fingerprint density at radius 3 is 2.79 bits per heavy atom. The van der Waals surface area contributed by atoms with Gasteiger partial charge in [0, 0.05) is 4.90 Å². The van der Waals surface area contributed by atoms with Crippen LogP contribution in [0.3, 0.4) is 0 Å². The predicted octanol–water partition coefficient (Wildman–Crippen LogP) is 3.02. The van der Waals surface area contributed by atoms with E-state index in [4.69, 9.17) is 5.11 Å². The minimum atomic E-state index is -0.857. The van der Waals surface area contributed by atoms with Gasteiger partial charge in [-0.25, -0.2) is 4.79 Å². The van der Waals surface area contributed by atoms with Gasteiger partial charge in [-0.05, 0) is 36.6 Å². The summed E-state index contributed by atoms with van der Waals surface area (Å²) in [6.45, 7) is 2.09. The SMILES string of the molecule is CCCCc1cc(S)ccc1C(=O)O. The van der Waals surface area contributed by atoms with Crippen molar-refractivity contribution in [1.82, 2.24) is 0 Å². The van der Waals surface area contributed by atoms with E-state index in [0.717, 1.165) is 29.7 Å². The summed E-state index contributed by atoms with van der Waals surface area (Å²) in [5.41, 5.74) is 1.28. The summed E-state index contributed by atoms with van der Waals surface area (Å²) < 4.78 is 0. The van der Waals surface area contributed by atoms with Crippen LogP contribution < -0.4 is 0 Å². The molecule has 0 aromatic heterocycles. The van der Waals surface area contributed by atoms with Gasteiger partial charge in [0.1, 0.15) is 0 Å². The molecule has 0 spiro atoms. The van der Waals surface area contributed by atoms with Crippen molar-refractivity contribution in [3.05, 3.63) is 29.3 Å². The highest BCUT2D eigenvalue weighted by molar-refractivity contribution is 7.80. The van der Waals surface area contributed by atoms with Gasteiger partial charge in [-0.2, -0.15) is 0 Å². The van der Waals surface area contributed by atoms with Crippen molar-refractivity contribution in [3.63, 3.8) is 0 Å². The fourth-order valence-electron chi connectivity index (χ4n) is 1.36. The lowest BCUT2D eigenvalue weighted by molar-refractivity contribution is 0.0695. The summed E-state index contributed by atoms with van der Waals surface area (Å²) in [4.78, 5) is 11.7. The first-order valence-corrected chi connectivity index (χ1v) is 5.15. The minimum Gasteiger partial charge on any atom is -0.478 e. The van der Waals surface area contributed by atoms with Crippen LogP contribution in [-0.2, 0) is 6.42 Å². The van der Waals surface area contributed by atoms with Gasteiger partial charge in [-0.3, -0.25) is 0 Å². The third kappa shape index (κ3) is 2.77. The van der Waals surface area contributed by atoms with E-state index in [9.17, 15) is 4.79 Å². The zero-order chi connectivity index (χ0) is 10.6. The number of thiol groups is 1. The monoisotopic (exact) mass is 210 g/mol. The molecule has 0 unspecified atom stereocenters. The molecule has 0 fully saturated rings. The van der Waals surface area contributed by atoms with Crippen LogP contribution in [0.25, 0.3) is 0 Å². The van der Waals surface area contributed by atoms with Crippen LogP contribution in [-0.4, -0.2) is 11.1 Å². The quantitative estimate of drug-likeness (QED) is 0.749. The minimum absolute atomic E-state index is 0.399. The van der Waals surface area contributed by atoms with Gasteiger partial charge in [-0.15, -0.1) is 12.6 Å². The Labute approximate surface area is 89.4 Å². The lowest BCUT2D eigenvalue weighted by atomic mass is 10.0. The molecular weight excluding hydrogens is 196 g/mol. The Morgan fingerprint density at radius 1 is 1.50 bits per heavy atom. The average molecular weight is 210 g/mol. The van der Waals surface area contributed by atoms with Gasteiger partial charge < -0.3 is 5.11 Å². The largest absolute Gasteiger partial charge is 0.478 e. The maximum absolute atomic E-state index is 10.9. The van der Waals surface area contributed by atoms with E-state index in [1.807, 2.05) is 6.07 Å². The lowest BCUT2D eigenvalue weighted by Gasteiger charge is -2.05. The van der Waals surface area contributed by atoms with Crippen molar-refractivity contribution in [2.75, 3.05) is 0 Å². The highest BCUT2D eigenvalue weighted by Crippen LogP contribution is 2.17. The van der Waals surface area contributed by atoms with Gasteiger partial charge in [0.05, 0.1) is 5.56 Å². The third-order valence-corrected chi connectivity index (χ3v) is 2.40. The highest BCUT2D eigenvalue weighted by Gasteiger charge is 2.09. The van der Waals surface area contributed by atoms with E-state index in [0.29, 0.717) is 5.56 Å². The van der Waals surface area contributed by atoms with Crippen molar-refractivity contribution in [2.24, 2.45) is 0 Å². The van der Waals surface area contributed by atoms with Gasteiger partial charge >= 0.3 is 5.97 Å². The second-order valence-corrected chi connectivity index (χ2v) is 3.77. The molecule has 0 amide bonds. The number of carboxylic acid groups (broad SMARTS) is 1. The molecular formula is C11H14O2S. The van der Waals surface area contributed by atoms with E-state index in [2.05, 4.69) is 19.6 Å². The van der Waals surface area contributed by atoms with Crippen LogP contribution in [0.15, 0.2) is 23.1 Å². The van der Waals surface area contributed by atoms with Crippen LogP contribution in [0, 0.1) is 0 Å². The molecule has 1 aromatic carbocycles.